The molecular formula is C12H15BrO4. The Labute approximate surface area is 109 Å². The molecule has 0 N–H and O–H groups in total. The second-order valence-electron chi connectivity index (χ2n) is 3.40. The Morgan fingerprint density at radius 2 is 1.88 bits per heavy atom. The van der Waals surface area contributed by atoms with Crippen molar-refractivity contribution in [2.45, 2.75) is 13.0 Å². The largest absolute Gasteiger partial charge is 0.495 e. The van der Waals surface area contributed by atoms with Crippen LogP contribution in [0.1, 0.15) is 17.3 Å². The highest BCUT2D eigenvalue weighted by Crippen LogP contribution is 2.37. The van der Waals surface area contributed by atoms with Gasteiger partial charge in [-0.3, -0.25) is 4.79 Å². The van der Waals surface area contributed by atoms with Crippen LogP contribution in [0.3, 0.4) is 0 Å². The minimum atomic E-state index is -0.510. The van der Waals surface area contributed by atoms with Crippen LogP contribution in [0, 0.1) is 0 Å². The van der Waals surface area contributed by atoms with Crippen LogP contribution in [0.25, 0.3) is 0 Å². The second-order valence-corrected chi connectivity index (χ2v) is 4.20. The molecule has 5 heteroatoms. The highest BCUT2D eigenvalue weighted by atomic mass is 79.9. The van der Waals surface area contributed by atoms with E-state index < -0.39 is 6.10 Å². The van der Waals surface area contributed by atoms with Crippen LogP contribution in [0.4, 0.5) is 0 Å². The topological polar surface area (TPSA) is 44.8 Å². The summed E-state index contributed by atoms with van der Waals surface area (Å²) >= 11 is 3.35. The summed E-state index contributed by atoms with van der Waals surface area (Å²) < 4.78 is 16.0. The quantitative estimate of drug-likeness (QED) is 0.785. The molecule has 0 amide bonds. The predicted octanol–water partition coefficient (Wildman–Crippen LogP) is 2.68. The van der Waals surface area contributed by atoms with Gasteiger partial charge in [0.1, 0.15) is 22.1 Å². The van der Waals surface area contributed by atoms with Crippen molar-refractivity contribution < 1.29 is 19.0 Å². The van der Waals surface area contributed by atoms with Crippen LogP contribution >= 0.6 is 15.9 Å². The van der Waals surface area contributed by atoms with E-state index in [9.17, 15) is 4.79 Å². The zero-order valence-corrected chi connectivity index (χ0v) is 11.8. The normalized spacial score (nSPS) is 12.1. The number of halogens is 1. The van der Waals surface area contributed by atoms with E-state index in [0.29, 0.717) is 21.5 Å². The number of benzene rings is 1. The van der Waals surface area contributed by atoms with Crippen LogP contribution in [-0.2, 0) is 4.74 Å². The number of methoxy groups -OCH3 is 3. The van der Waals surface area contributed by atoms with E-state index in [1.807, 2.05) is 0 Å². The number of carbonyl (C=O) groups is 1. The monoisotopic (exact) mass is 302 g/mol. The van der Waals surface area contributed by atoms with Crippen molar-refractivity contribution in [3.05, 3.63) is 22.2 Å². The molecule has 0 heterocycles. The Kier molecular flexibility index (Phi) is 4.96. The van der Waals surface area contributed by atoms with Gasteiger partial charge in [0, 0.05) is 7.11 Å². The maximum absolute atomic E-state index is 12.0. The Balaban J connectivity index is 3.26. The molecule has 1 unspecified atom stereocenters. The lowest BCUT2D eigenvalue weighted by molar-refractivity contribution is 0.0652. The van der Waals surface area contributed by atoms with Crippen LogP contribution in [0.2, 0.25) is 0 Å². The number of carbonyl (C=O) groups excluding carboxylic acids is 1. The highest BCUT2D eigenvalue weighted by Gasteiger charge is 2.22. The van der Waals surface area contributed by atoms with Gasteiger partial charge in [0.2, 0.25) is 0 Å². The summed E-state index contributed by atoms with van der Waals surface area (Å²) in [6, 6.07) is 3.38. The summed E-state index contributed by atoms with van der Waals surface area (Å²) in [5.41, 5.74) is 0.467. The van der Waals surface area contributed by atoms with Gasteiger partial charge in [-0.25, -0.2) is 0 Å². The fraction of sp³-hybridized carbons (Fsp3) is 0.417. The fourth-order valence-electron chi connectivity index (χ4n) is 1.42. The molecule has 0 saturated carbocycles. The van der Waals surface area contributed by atoms with E-state index in [1.165, 1.54) is 14.2 Å². The number of ketones is 1. The van der Waals surface area contributed by atoms with Gasteiger partial charge in [-0.05, 0) is 35.0 Å². The molecule has 0 saturated heterocycles. The van der Waals surface area contributed by atoms with Crippen molar-refractivity contribution in [3.63, 3.8) is 0 Å². The van der Waals surface area contributed by atoms with Gasteiger partial charge in [-0.15, -0.1) is 0 Å². The van der Waals surface area contributed by atoms with Crippen LogP contribution in [0.15, 0.2) is 16.6 Å². The smallest absolute Gasteiger partial charge is 0.195 e. The van der Waals surface area contributed by atoms with Crippen molar-refractivity contribution >= 4 is 21.7 Å². The van der Waals surface area contributed by atoms with E-state index in [4.69, 9.17) is 14.2 Å². The maximum atomic E-state index is 12.0. The molecule has 94 valence electrons. The van der Waals surface area contributed by atoms with E-state index in [1.54, 1.807) is 26.2 Å². The predicted molar refractivity (Wildman–Crippen MR) is 68.0 cm³/mol. The molecule has 4 nitrogen and oxygen atoms in total. The Bertz CT molecular complexity index is 417. The SMILES string of the molecule is COc1ccc(C(=O)C(C)OC)c(OC)c1Br. The van der Waals surface area contributed by atoms with Gasteiger partial charge >= 0.3 is 0 Å². The Morgan fingerprint density at radius 1 is 1.24 bits per heavy atom. The molecule has 1 atom stereocenters. The molecule has 0 aliphatic heterocycles. The minimum absolute atomic E-state index is 0.132. The first-order chi connectivity index (χ1) is 8.06. The third-order valence-corrected chi connectivity index (χ3v) is 3.22. The molecule has 1 rings (SSSR count). The van der Waals surface area contributed by atoms with Crippen molar-refractivity contribution in [3.8, 4) is 11.5 Å². The van der Waals surface area contributed by atoms with Crippen molar-refractivity contribution in [1.82, 2.24) is 0 Å². The lowest BCUT2D eigenvalue weighted by Gasteiger charge is -2.14. The van der Waals surface area contributed by atoms with Gasteiger partial charge in [0.25, 0.3) is 0 Å². The van der Waals surface area contributed by atoms with Crippen LogP contribution in [0.5, 0.6) is 11.5 Å². The van der Waals surface area contributed by atoms with Crippen LogP contribution < -0.4 is 9.47 Å². The summed E-state index contributed by atoms with van der Waals surface area (Å²) in [5, 5.41) is 0. The fourth-order valence-corrected chi connectivity index (χ4v) is 2.08. The Hall–Kier alpha value is -1.07. The first kappa shape index (κ1) is 14.0. The van der Waals surface area contributed by atoms with E-state index >= 15 is 0 Å². The van der Waals surface area contributed by atoms with Crippen molar-refractivity contribution in [1.29, 1.82) is 0 Å². The zero-order valence-electron chi connectivity index (χ0n) is 10.2. The number of hydrogen-bond acceptors (Lipinski definition) is 4. The molecule has 1 aromatic rings. The average Bonchev–Trinajstić information content (AvgIpc) is 2.36. The van der Waals surface area contributed by atoms with Crippen molar-refractivity contribution in [2.75, 3.05) is 21.3 Å². The standard InChI is InChI=1S/C12H15BrO4/c1-7(15-2)11(14)8-5-6-9(16-3)10(13)12(8)17-4/h5-7H,1-4H3. The third kappa shape index (κ3) is 2.79. The van der Waals surface area contributed by atoms with Gasteiger partial charge in [0.15, 0.2) is 5.78 Å². The molecule has 0 bridgehead atoms. The molecule has 0 aromatic heterocycles. The zero-order chi connectivity index (χ0) is 13.0. The summed E-state index contributed by atoms with van der Waals surface area (Å²) in [7, 11) is 4.56. The lowest BCUT2D eigenvalue weighted by Crippen LogP contribution is -2.20. The Morgan fingerprint density at radius 3 is 2.35 bits per heavy atom. The maximum Gasteiger partial charge on any atom is 0.195 e. The number of hydrogen-bond donors (Lipinski definition) is 0. The molecule has 0 radical (unpaired) electrons. The molecule has 17 heavy (non-hydrogen) atoms. The van der Waals surface area contributed by atoms with E-state index in [0.717, 1.165) is 0 Å². The third-order valence-electron chi connectivity index (χ3n) is 2.47. The number of Topliss-reactive ketones (excluding diaryl/α,β-unsaturated/α-hetero) is 1. The van der Waals surface area contributed by atoms with Crippen molar-refractivity contribution in [2.24, 2.45) is 0 Å². The lowest BCUT2D eigenvalue weighted by atomic mass is 10.1. The molecule has 0 aliphatic rings. The molecule has 0 aliphatic carbocycles. The summed E-state index contributed by atoms with van der Waals surface area (Å²) in [5.74, 6) is 0.939. The van der Waals surface area contributed by atoms with Gasteiger partial charge < -0.3 is 14.2 Å². The second kappa shape index (κ2) is 6.02. The summed E-state index contributed by atoms with van der Waals surface area (Å²) in [6.07, 6.45) is -0.510. The highest BCUT2D eigenvalue weighted by molar-refractivity contribution is 9.10. The molecular weight excluding hydrogens is 288 g/mol. The molecule has 0 spiro atoms. The summed E-state index contributed by atoms with van der Waals surface area (Å²) in [6.45, 7) is 1.69. The van der Waals surface area contributed by atoms with E-state index in [2.05, 4.69) is 15.9 Å². The summed E-state index contributed by atoms with van der Waals surface area (Å²) in [4.78, 5) is 12.0. The van der Waals surface area contributed by atoms with Gasteiger partial charge in [-0.2, -0.15) is 0 Å². The van der Waals surface area contributed by atoms with Gasteiger partial charge in [0.05, 0.1) is 19.8 Å². The van der Waals surface area contributed by atoms with Crippen LogP contribution in [-0.4, -0.2) is 33.2 Å². The first-order valence-corrected chi connectivity index (χ1v) is 5.83. The molecule has 1 aromatic carbocycles. The minimum Gasteiger partial charge on any atom is -0.495 e. The number of ether oxygens (including phenoxy) is 3. The molecule has 0 fully saturated rings. The first-order valence-electron chi connectivity index (χ1n) is 5.04. The average molecular weight is 303 g/mol. The number of rotatable bonds is 5. The van der Waals surface area contributed by atoms with Gasteiger partial charge in [-0.1, -0.05) is 0 Å². The van der Waals surface area contributed by atoms with E-state index in [-0.39, 0.29) is 5.78 Å².